The van der Waals surface area contributed by atoms with Crippen molar-refractivity contribution in [3.05, 3.63) is 46.5 Å². The Morgan fingerprint density at radius 3 is 2.31 bits per heavy atom. The SMILES string of the molecule is C/C=C/COC(=O)c1c(C)cc(C)cc1C. The van der Waals surface area contributed by atoms with Gasteiger partial charge in [-0.15, -0.1) is 0 Å². The molecule has 0 aliphatic carbocycles. The summed E-state index contributed by atoms with van der Waals surface area (Å²) in [5.74, 6) is -0.242. The van der Waals surface area contributed by atoms with E-state index in [1.807, 2.05) is 52.0 Å². The molecule has 0 heterocycles. The highest BCUT2D eigenvalue weighted by Crippen LogP contribution is 2.17. The van der Waals surface area contributed by atoms with E-state index in [2.05, 4.69) is 0 Å². The van der Waals surface area contributed by atoms with Crippen LogP contribution in [0.5, 0.6) is 0 Å². The lowest BCUT2D eigenvalue weighted by atomic mass is 10.00. The van der Waals surface area contributed by atoms with Crippen LogP contribution < -0.4 is 0 Å². The minimum absolute atomic E-state index is 0.242. The first-order valence-corrected chi connectivity index (χ1v) is 5.42. The van der Waals surface area contributed by atoms with Crippen molar-refractivity contribution < 1.29 is 9.53 Å². The highest BCUT2D eigenvalue weighted by atomic mass is 16.5. The molecule has 0 spiro atoms. The Kier molecular flexibility index (Phi) is 4.29. The zero-order valence-corrected chi connectivity index (χ0v) is 10.3. The molecule has 86 valence electrons. The molecule has 0 aliphatic rings. The number of aryl methyl sites for hydroxylation is 3. The van der Waals surface area contributed by atoms with Gasteiger partial charge in [0.1, 0.15) is 6.61 Å². The monoisotopic (exact) mass is 218 g/mol. The topological polar surface area (TPSA) is 26.3 Å². The van der Waals surface area contributed by atoms with Gasteiger partial charge in [0, 0.05) is 0 Å². The molecule has 0 saturated carbocycles. The van der Waals surface area contributed by atoms with Crippen LogP contribution in [0.25, 0.3) is 0 Å². The average Bonchev–Trinajstić information content (AvgIpc) is 2.16. The number of carbonyl (C=O) groups is 1. The maximum atomic E-state index is 11.8. The highest BCUT2D eigenvalue weighted by Gasteiger charge is 2.13. The van der Waals surface area contributed by atoms with E-state index in [1.54, 1.807) is 0 Å². The second-order valence-corrected chi connectivity index (χ2v) is 3.94. The molecular formula is C14H18O2. The second-order valence-electron chi connectivity index (χ2n) is 3.94. The summed E-state index contributed by atoms with van der Waals surface area (Å²) < 4.78 is 5.14. The Morgan fingerprint density at radius 1 is 1.25 bits per heavy atom. The van der Waals surface area contributed by atoms with Crippen molar-refractivity contribution in [2.75, 3.05) is 6.61 Å². The van der Waals surface area contributed by atoms with Crippen LogP contribution in [0, 0.1) is 20.8 Å². The summed E-state index contributed by atoms with van der Waals surface area (Å²) in [5, 5.41) is 0. The van der Waals surface area contributed by atoms with Gasteiger partial charge in [-0.3, -0.25) is 0 Å². The van der Waals surface area contributed by atoms with Crippen LogP contribution >= 0.6 is 0 Å². The lowest BCUT2D eigenvalue weighted by molar-refractivity contribution is 0.0548. The van der Waals surface area contributed by atoms with Crippen molar-refractivity contribution in [1.82, 2.24) is 0 Å². The van der Waals surface area contributed by atoms with Gasteiger partial charge in [-0.25, -0.2) is 4.79 Å². The maximum Gasteiger partial charge on any atom is 0.338 e. The number of hydrogen-bond acceptors (Lipinski definition) is 2. The number of carbonyl (C=O) groups excluding carboxylic acids is 1. The van der Waals surface area contributed by atoms with Gasteiger partial charge in [-0.05, 0) is 38.8 Å². The number of esters is 1. The predicted octanol–water partition coefficient (Wildman–Crippen LogP) is 3.34. The minimum atomic E-state index is -0.242. The first kappa shape index (κ1) is 12.5. The lowest BCUT2D eigenvalue weighted by Gasteiger charge is -2.09. The van der Waals surface area contributed by atoms with Crippen molar-refractivity contribution >= 4 is 5.97 Å². The molecule has 2 nitrogen and oxygen atoms in total. The highest BCUT2D eigenvalue weighted by molar-refractivity contribution is 5.92. The summed E-state index contributed by atoms with van der Waals surface area (Å²) in [6.45, 7) is 8.13. The third kappa shape index (κ3) is 2.96. The zero-order valence-electron chi connectivity index (χ0n) is 10.3. The van der Waals surface area contributed by atoms with Gasteiger partial charge in [0.25, 0.3) is 0 Å². The van der Waals surface area contributed by atoms with Crippen LogP contribution in [0.4, 0.5) is 0 Å². The van der Waals surface area contributed by atoms with E-state index < -0.39 is 0 Å². The molecule has 0 aliphatic heterocycles. The molecule has 0 unspecified atom stereocenters. The van der Waals surface area contributed by atoms with E-state index in [-0.39, 0.29) is 5.97 Å². The second kappa shape index (κ2) is 5.50. The summed E-state index contributed by atoms with van der Waals surface area (Å²) >= 11 is 0. The molecule has 0 aromatic heterocycles. The largest absolute Gasteiger partial charge is 0.458 e. The number of allylic oxidation sites excluding steroid dienone is 1. The van der Waals surface area contributed by atoms with Crippen molar-refractivity contribution in [2.45, 2.75) is 27.7 Å². The van der Waals surface area contributed by atoms with Gasteiger partial charge in [0.2, 0.25) is 0 Å². The summed E-state index contributed by atoms with van der Waals surface area (Å²) in [5.41, 5.74) is 3.81. The minimum Gasteiger partial charge on any atom is -0.458 e. The van der Waals surface area contributed by atoms with Crippen LogP contribution in [0.2, 0.25) is 0 Å². The third-order valence-corrected chi connectivity index (χ3v) is 2.43. The van der Waals surface area contributed by atoms with Crippen LogP contribution in [0.1, 0.15) is 34.0 Å². The van der Waals surface area contributed by atoms with E-state index in [0.717, 1.165) is 11.1 Å². The number of rotatable bonds is 3. The van der Waals surface area contributed by atoms with Gasteiger partial charge in [-0.2, -0.15) is 0 Å². The Labute approximate surface area is 96.9 Å². The van der Waals surface area contributed by atoms with E-state index in [4.69, 9.17) is 4.74 Å². The molecule has 0 amide bonds. The maximum absolute atomic E-state index is 11.8. The first-order chi connectivity index (χ1) is 7.56. The van der Waals surface area contributed by atoms with Crippen LogP contribution in [-0.4, -0.2) is 12.6 Å². The summed E-state index contributed by atoms with van der Waals surface area (Å²) in [7, 11) is 0. The molecule has 0 fully saturated rings. The molecular weight excluding hydrogens is 200 g/mol. The number of hydrogen-bond donors (Lipinski definition) is 0. The number of benzene rings is 1. The molecule has 1 aromatic rings. The Morgan fingerprint density at radius 2 is 1.81 bits per heavy atom. The quantitative estimate of drug-likeness (QED) is 0.574. The molecule has 0 N–H and O–H groups in total. The fourth-order valence-electron chi connectivity index (χ4n) is 1.79. The van der Waals surface area contributed by atoms with Crippen LogP contribution in [0.15, 0.2) is 24.3 Å². The normalized spacial score (nSPS) is 10.8. The van der Waals surface area contributed by atoms with Crippen LogP contribution in [-0.2, 0) is 4.74 Å². The summed E-state index contributed by atoms with van der Waals surface area (Å²) in [6, 6.07) is 4.00. The third-order valence-electron chi connectivity index (χ3n) is 2.43. The molecule has 1 rings (SSSR count). The lowest BCUT2D eigenvalue weighted by Crippen LogP contribution is -2.09. The number of ether oxygens (including phenoxy) is 1. The van der Waals surface area contributed by atoms with Gasteiger partial charge >= 0.3 is 5.97 Å². The van der Waals surface area contributed by atoms with Crippen molar-refractivity contribution in [2.24, 2.45) is 0 Å². The van der Waals surface area contributed by atoms with E-state index in [9.17, 15) is 4.79 Å². The Hall–Kier alpha value is -1.57. The van der Waals surface area contributed by atoms with E-state index >= 15 is 0 Å². The molecule has 0 bridgehead atoms. The van der Waals surface area contributed by atoms with Crippen molar-refractivity contribution in [3.63, 3.8) is 0 Å². The fraction of sp³-hybridized carbons (Fsp3) is 0.357. The standard InChI is InChI=1S/C14H18O2/c1-5-6-7-16-14(15)13-11(3)8-10(2)9-12(13)4/h5-6,8-9H,7H2,1-4H3/b6-5+. The van der Waals surface area contributed by atoms with E-state index in [1.165, 1.54) is 5.56 Å². The summed E-state index contributed by atoms with van der Waals surface area (Å²) in [6.07, 6.45) is 3.68. The molecule has 0 atom stereocenters. The molecule has 16 heavy (non-hydrogen) atoms. The average molecular weight is 218 g/mol. The molecule has 0 radical (unpaired) electrons. The Bertz CT molecular complexity index is 394. The van der Waals surface area contributed by atoms with Crippen molar-refractivity contribution in [3.8, 4) is 0 Å². The first-order valence-electron chi connectivity index (χ1n) is 5.42. The summed E-state index contributed by atoms with van der Waals surface area (Å²) in [4.78, 5) is 11.8. The predicted molar refractivity (Wildman–Crippen MR) is 65.7 cm³/mol. The smallest absolute Gasteiger partial charge is 0.338 e. The fourth-order valence-corrected chi connectivity index (χ4v) is 1.79. The molecule has 0 saturated heterocycles. The van der Waals surface area contributed by atoms with Gasteiger partial charge in [0.15, 0.2) is 0 Å². The van der Waals surface area contributed by atoms with E-state index in [0.29, 0.717) is 12.2 Å². The van der Waals surface area contributed by atoms with Gasteiger partial charge < -0.3 is 4.74 Å². The van der Waals surface area contributed by atoms with Gasteiger partial charge in [0.05, 0.1) is 5.56 Å². The molecule has 1 aromatic carbocycles. The molecule has 2 heteroatoms. The van der Waals surface area contributed by atoms with Crippen molar-refractivity contribution in [1.29, 1.82) is 0 Å². The van der Waals surface area contributed by atoms with Crippen LogP contribution in [0.3, 0.4) is 0 Å². The zero-order chi connectivity index (χ0) is 12.1. The van der Waals surface area contributed by atoms with Gasteiger partial charge in [-0.1, -0.05) is 29.8 Å². The Balaban J connectivity index is 2.91.